The molecule has 19 heavy (non-hydrogen) atoms. The maximum Gasteiger partial charge on any atom is 0.181 e. The molecule has 0 saturated carbocycles. The van der Waals surface area contributed by atoms with Gasteiger partial charge in [0.15, 0.2) is 17.4 Å². The first-order chi connectivity index (χ1) is 9.06. The van der Waals surface area contributed by atoms with Gasteiger partial charge in [-0.1, -0.05) is 6.07 Å². The molecule has 0 aliphatic carbocycles. The summed E-state index contributed by atoms with van der Waals surface area (Å²) in [5, 5.41) is 2.71. The predicted molar refractivity (Wildman–Crippen MR) is 65.6 cm³/mol. The fourth-order valence-electron chi connectivity index (χ4n) is 1.55. The van der Waals surface area contributed by atoms with Crippen LogP contribution < -0.4 is 5.32 Å². The Hall–Kier alpha value is -2.30. The third kappa shape index (κ3) is 3.34. The first-order valence-electron chi connectivity index (χ1n) is 5.54. The lowest BCUT2D eigenvalue weighted by Gasteiger charge is -2.06. The van der Waals surface area contributed by atoms with Crippen LogP contribution in [-0.4, -0.2) is 12.3 Å². The highest BCUT2D eigenvalue weighted by molar-refractivity contribution is 5.98. The first kappa shape index (κ1) is 13.1. The molecule has 0 bridgehead atoms. The van der Waals surface area contributed by atoms with E-state index in [-0.39, 0.29) is 12.1 Å². The van der Waals surface area contributed by atoms with E-state index in [0.29, 0.717) is 5.69 Å². The first-order valence-corrected chi connectivity index (χ1v) is 5.54. The summed E-state index contributed by atoms with van der Waals surface area (Å²) in [6.45, 7) is -0.130. The molecule has 0 aliphatic rings. The van der Waals surface area contributed by atoms with Crippen molar-refractivity contribution in [2.45, 2.75) is 0 Å². The van der Waals surface area contributed by atoms with Crippen molar-refractivity contribution in [3.8, 4) is 0 Å². The summed E-state index contributed by atoms with van der Waals surface area (Å²) in [5.74, 6) is -2.92. The summed E-state index contributed by atoms with van der Waals surface area (Å²) in [6.07, 6.45) is 0. The third-order valence-electron chi connectivity index (χ3n) is 2.52. The van der Waals surface area contributed by atoms with Crippen LogP contribution in [0.25, 0.3) is 0 Å². The number of hydrogen-bond acceptors (Lipinski definition) is 2. The molecular weight excluding hydrogens is 255 g/mol. The van der Waals surface area contributed by atoms with E-state index in [1.165, 1.54) is 24.3 Å². The average molecular weight is 265 g/mol. The van der Waals surface area contributed by atoms with Crippen LogP contribution in [0.5, 0.6) is 0 Å². The SMILES string of the molecule is O=C(CNc1cccc(F)c1)c1ccc(F)c(F)c1. The second-order valence-electron chi connectivity index (χ2n) is 3.92. The quantitative estimate of drug-likeness (QED) is 0.858. The lowest BCUT2D eigenvalue weighted by Crippen LogP contribution is -2.14. The Kier molecular flexibility index (Phi) is 3.85. The number of halogens is 3. The highest BCUT2D eigenvalue weighted by atomic mass is 19.2. The molecule has 0 aliphatic heterocycles. The largest absolute Gasteiger partial charge is 0.377 e. The number of carbonyl (C=O) groups is 1. The van der Waals surface area contributed by atoms with E-state index in [9.17, 15) is 18.0 Å². The Morgan fingerprint density at radius 2 is 1.79 bits per heavy atom. The topological polar surface area (TPSA) is 29.1 Å². The van der Waals surface area contributed by atoms with Crippen molar-refractivity contribution in [2.24, 2.45) is 0 Å². The van der Waals surface area contributed by atoms with E-state index in [1.807, 2.05) is 0 Å². The molecule has 0 fully saturated rings. The highest BCUT2D eigenvalue weighted by Gasteiger charge is 2.09. The van der Waals surface area contributed by atoms with Crippen molar-refractivity contribution >= 4 is 11.5 Å². The standard InChI is InChI=1S/C14H10F3NO/c15-10-2-1-3-11(7-10)18-8-14(19)9-4-5-12(16)13(17)6-9/h1-7,18H,8H2. The average Bonchev–Trinajstić information content (AvgIpc) is 2.39. The van der Waals surface area contributed by atoms with Crippen molar-refractivity contribution in [3.05, 3.63) is 65.5 Å². The van der Waals surface area contributed by atoms with Crippen molar-refractivity contribution in [2.75, 3.05) is 11.9 Å². The van der Waals surface area contributed by atoms with E-state index in [0.717, 1.165) is 12.1 Å². The lowest BCUT2D eigenvalue weighted by molar-refractivity contribution is 0.101. The number of benzene rings is 2. The Morgan fingerprint density at radius 1 is 1.00 bits per heavy atom. The van der Waals surface area contributed by atoms with E-state index < -0.39 is 23.2 Å². The van der Waals surface area contributed by atoms with Gasteiger partial charge in [0.25, 0.3) is 0 Å². The monoisotopic (exact) mass is 265 g/mol. The van der Waals surface area contributed by atoms with Crippen LogP contribution >= 0.6 is 0 Å². The minimum absolute atomic E-state index is 0.0582. The van der Waals surface area contributed by atoms with Gasteiger partial charge in [-0.05, 0) is 36.4 Å². The number of Topliss-reactive ketones (excluding diaryl/α,β-unsaturated/α-hetero) is 1. The van der Waals surface area contributed by atoms with Crippen LogP contribution in [0, 0.1) is 17.5 Å². The van der Waals surface area contributed by atoms with Gasteiger partial charge in [0.1, 0.15) is 5.82 Å². The molecule has 5 heteroatoms. The molecule has 0 heterocycles. The maximum absolute atomic E-state index is 13.0. The van der Waals surface area contributed by atoms with Gasteiger partial charge < -0.3 is 5.32 Å². The van der Waals surface area contributed by atoms with E-state index in [1.54, 1.807) is 6.07 Å². The Morgan fingerprint density at radius 3 is 2.47 bits per heavy atom. The molecule has 1 N–H and O–H groups in total. The highest BCUT2D eigenvalue weighted by Crippen LogP contribution is 2.11. The van der Waals surface area contributed by atoms with Crippen molar-refractivity contribution < 1.29 is 18.0 Å². The second kappa shape index (κ2) is 5.56. The van der Waals surface area contributed by atoms with Crippen molar-refractivity contribution in [3.63, 3.8) is 0 Å². The summed E-state index contributed by atoms with van der Waals surface area (Å²) in [6, 6.07) is 8.55. The van der Waals surface area contributed by atoms with Crippen LogP contribution in [0.2, 0.25) is 0 Å². The number of nitrogens with one attached hydrogen (secondary N) is 1. The lowest BCUT2D eigenvalue weighted by atomic mass is 10.1. The van der Waals surface area contributed by atoms with Gasteiger partial charge in [0, 0.05) is 11.3 Å². The number of carbonyl (C=O) groups excluding carboxylic acids is 1. The Balaban J connectivity index is 2.03. The van der Waals surface area contributed by atoms with Crippen LogP contribution in [0.4, 0.5) is 18.9 Å². The summed E-state index contributed by atoms with van der Waals surface area (Å²) < 4.78 is 38.6. The zero-order chi connectivity index (χ0) is 13.8. The second-order valence-corrected chi connectivity index (χ2v) is 3.92. The number of anilines is 1. The zero-order valence-corrected chi connectivity index (χ0v) is 9.79. The van der Waals surface area contributed by atoms with Crippen molar-refractivity contribution in [1.82, 2.24) is 0 Å². The summed E-state index contributed by atoms with van der Waals surface area (Å²) >= 11 is 0. The Labute approximate surface area is 107 Å². The fourth-order valence-corrected chi connectivity index (χ4v) is 1.55. The van der Waals surface area contributed by atoms with Crippen LogP contribution in [0.15, 0.2) is 42.5 Å². The van der Waals surface area contributed by atoms with Crippen molar-refractivity contribution in [1.29, 1.82) is 0 Å². The molecule has 0 saturated heterocycles. The maximum atomic E-state index is 13.0. The normalized spacial score (nSPS) is 10.3. The number of ketones is 1. The van der Waals surface area contributed by atoms with Gasteiger partial charge in [-0.15, -0.1) is 0 Å². The van der Waals surface area contributed by atoms with Crippen LogP contribution in [0.1, 0.15) is 10.4 Å². The molecule has 2 rings (SSSR count). The molecule has 2 nitrogen and oxygen atoms in total. The van der Waals surface area contributed by atoms with E-state index in [2.05, 4.69) is 5.32 Å². The number of rotatable bonds is 4. The molecule has 0 radical (unpaired) electrons. The summed E-state index contributed by atoms with van der Waals surface area (Å²) in [7, 11) is 0. The van der Waals surface area contributed by atoms with Gasteiger partial charge in [-0.3, -0.25) is 4.79 Å². The molecule has 0 amide bonds. The summed E-state index contributed by atoms with van der Waals surface area (Å²) in [4.78, 5) is 11.7. The van der Waals surface area contributed by atoms with E-state index >= 15 is 0 Å². The number of hydrogen-bond donors (Lipinski definition) is 1. The minimum Gasteiger partial charge on any atom is -0.377 e. The van der Waals surface area contributed by atoms with Gasteiger partial charge in [-0.2, -0.15) is 0 Å². The molecule has 98 valence electrons. The van der Waals surface area contributed by atoms with Gasteiger partial charge in [-0.25, -0.2) is 13.2 Å². The summed E-state index contributed by atoms with van der Waals surface area (Å²) in [5.41, 5.74) is 0.499. The van der Waals surface area contributed by atoms with Crippen LogP contribution in [0.3, 0.4) is 0 Å². The fraction of sp³-hybridized carbons (Fsp3) is 0.0714. The molecule has 0 unspecified atom stereocenters. The van der Waals surface area contributed by atoms with Crippen LogP contribution in [-0.2, 0) is 0 Å². The Bertz CT molecular complexity index is 613. The molecule has 2 aromatic carbocycles. The van der Waals surface area contributed by atoms with Gasteiger partial charge in [0.2, 0.25) is 0 Å². The van der Waals surface area contributed by atoms with Gasteiger partial charge >= 0.3 is 0 Å². The minimum atomic E-state index is -1.07. The smallest absolute Gasteiger partial charge is 0.181 e. The van der Waals surface area contributed by atoms with Gasteiger partial charge in [0.05, 0.1) is 6.54 Å². The predicted octanol–water partition coefficient (Wildman–Crippen LogP) is 3.40. The zero-order valence-electron chi connectivity index (χ0n) is 9.79. The third-order valence-corrected chi connectivity index (χ3v) is 2.52. The molecule has 0 aromatic heterocycles. The molecule has 2 aromatic rings. The molecule has 0 spiro atoms. The van der Waals surface area contributed by atoms with E-state index in [4.69, 9.17) is 0 Å². The molecular formula is C14H10F3NO. The molecule has 0 atom stereocenters.